The lowest BCUT2D eigenvalue weighted by Gasteiger charge is -2.12. The third-order valence-corrected chi connectivity index (χ3v) is 2.97. The fraction of sp³-hybridized carbons (Fsp3) is 0.231. The highest BCUT2D eigenvalue weighted by molar-refractivity contribution is 9.10. The van der Waals surface area contributed by atoms with Crippen LogP contribution >= 0.6 is 15.9 Å². The Labute approximate surface area is 119 Å². The van der Waals surface area contributed by atoms with Gasteiger partial charge in [0.25, 0.3) is 5.91 Å². The van der Waals surface area contributed by atoms with E-state index < -0.39 is 0 Å². The first-order valence-electron chi connectivity index (χ1n) is 5.82. The number of halogens is 1. The molecule has 0 saturated heterocycles. The maximum Gasteiger partial charge on any atom is 0.258 e. The van der Waals surface area contributed by atoms with Crippen molar-refractivity contribution in [1.29, 1.82) is 0 Å². The lowest BCUT2D eigenvalue weighted by Crippen LogP contribution is -2.31. The van der Waals surface area contributed by atoms with Crippen LogP contribution in [0.25, 0.3) is 0 Å². The van der Waals surface area contributed by atoms with Crippen LogP contribution in [0.2, 0.25) is 0 Å². The van der Waals surface area contributed by atoms with Crippen LogP contribution < -0.4 is 10.1 Å². The van der Waals surface area contributed by atoms with Crippen LogP contribution in [0.4, 0.5) is 0 Å². The molecule has 0 saturated carbocycles. The molecule has 2 aromatic rings. The van der Waals surface area contributed by atoms with Gasteiger partial charge in [-0.15, -0.1) is 0 Å². The minimum atomic E-state index is -0.191. The maximum absolute atomic E-state index is 11.7. The number of H-pyrrole nitrogens is 1. The molecule has 6 heteroatoms. The van der Waals surface area contributed by atoms with Crippen molar-refractivity contribution in [3.63, 3.8) is 0 Å². The minimum Gasteiger partial charge on any atom is -0.484 e. The number of ether oxygens (including phenoxy) is 1. The molecule has 0 aliphatic heterocycles. The average Bonchev–Trinajstić information content (AvgIpc) is 2.90. The average molecular weight is 324 g/mol. The molecule has 1 heterocycles. The van der Waals surface area contributed by atoms with Crippen molar-refractivity contribution in [3.8, 4) is 5.75 Å². The minimum absolute atomic E-state index is 0.0263. The Bertz CT molecular complexity index is 543. The molecule has 0 radical (unpaired) electrons. The number of aromatic nitrogens is 2. The topological polar surface area (TPSA) is 67.0 Å². The Morgan fingerprint density at radius 1 is 1.58 bits per heavy atom. The summed E-state index contributed by atoms with van der Waals surface area (Å²) in [5, 5.41) is 2.80. The fourth-order valence-corrected chi connectivity index (χ4v) is 1.95. The number of benzene rings is 1. The maximum atomic E-state index is 11.7. The number of nitrogens with zero attached hydrogens (tertiary/aromatic N) is 1. The molecule has 5 nitrogen and oxygen atoms in total. The summed E-state index contributed by atoms with van der Waals surface area (Å²) in [6.45, 7) is 1.83. The Hall–Kier alpha value is -1.82. The van der Waals surface area contributed by atoms with Crippen LogP contribution in [0.3, 0.4) is 0 Å². The molecule has 2 rings (SSSR count). The molecule has 19 heavy (non-hydrogen) atoms. The Kier molecular flexibility index (Phi) is 4.57. The number of carbonyl (C=O) groups excluding carboxylic acids is 1. The quantitative estimate of drug-likeness (QED) is 0.888. The first-order valence-corrected chi connectivity index (χ1v) is 6.61. The van der Waals surface area contributed by atoms with E-state index >= 15 is 0 Å². The van der Waals surface area contributed by atoms with Gasteiger partial charge in [0.2, 0.25) is 0 Å². The molecule has 0 aliphatic rings. The molecule has 0 bridgehead atoms. The van der Waals surface area contributed by atoms with Gasteiger partial charge in [0.1, 0.15) is 11.6 Å². The van der Waals surface area contributed by atoms with E-state index in [1.807, 2.05) is 25.1 Å². The van der Waals surface area contributed by atoms with Gasteiger partial charge in [0.15, 0.2) is 6.61 Å². The van der Waals surface area contributed by atoms with E-state index in [1.165, 1.54) is 0 Å². The van der Waals surface area contributed by atoms with Gasteiger partial charge < -0.3 is 15.0 Å². The standard InChI is InChI=1S/C13H14BrN3O2/c1-9(13-15-5-6-16-13)17-12(18)8-19-11-4-2-3-10(14)7-11/h2-7,9H,8H2,1H3,(H,15,16)(H,17,18). The van der Waals surface area contributed by atoms with Gasteiger partial charge >= 0.3 is 0 Å². The van der Waals surface area contributed by atoms with E-state index in [4.69, 9.17) is 4.74 Å². The summed E-state index contributed by atoms with van der Waals surface area (Å²) < 4.78 is 6.31. The summed E-state index contributed by atoms with van der Waals surface area (Å²) in [4.78, 5) is 18.7. The van der Waals surface area contributed by atoms with Crippen LogP contribution in [-0.2, 0) is 4.79 Å². The summed E-state index contributed by atoms with van der Waals surface area (Å²) in [5.41, 5.74) is 0. The van der Waals surface area contributed by atoms with Crippen molar-refractivity contribution in [2.24, 2.45) is 0 Å². The Balaban J connectivity index is 1.82. The molecular formula is C13H14BrN3O2. The van der Waals surface area contributed by atoms with Crippen LogP contribution in [0.5, 0.6) is 5.75 Å². The van der Waals surface area contributed by atoms with Gasteiger partial charge in [0, 0.05) is 16.9 Å². The monoisotopic (exact) mass is 323 g/mol. The number of aromatic amines is 1. The van der Waals surface area contributed by atoms with Gasteiger partial charge in [-0.3, -0.25) is 4.79 Å². The van der Waals surface area contributed by atoms with Crippen LogP contribution in [0, 0.1) is 0 Å². The SMILES string of the molecule is CC(NC(=O)COc1cccc(Br)c1)c1ncc[nH]1. The molecule has 2 N–H and O–H groups in total. The number of rotatable bonds is 5. The second-order valence-electron chi connectivity index (χ2n) is 4.01. The molecule has 0 fully saturated rings. The molecule has 0 spiro atoms. The third-order valence-electron chi connectivity index (χ3n) is 2.47. The van der Waals surface area contributed by atoms with Crippen molar-refractivity contribution in [2.45, 2.75) is 13.0 Å². The number of hydrogen-bond acceptors (Lipinski definition) is 3. The van der Waals surface area contributed by atoms with Gasteiger partial charge in [-0.2, -0.15) is 0 Å². The van der Waals surface area contributed by atoms with Crippen molar-refractivity contribution >= 4 is 21.8 Å². The van der Waals surface area contributed by atoms with Crippen LogP contribution in [0.1, 0.15) is 18.8 Å². The van der Waals surface area contributed by atoms with Crippen molar-refractivity contribution in [1.82, 2.24) is 15.3 Å². The second kappa shape index (κ2) is 6.38. The number of nitrogens with one attached hydrogen (secondary N) is 2. The highest BCUT2D eigenvalue weighted by Gasteiger charge is 2.11. The van der Waals surface area contributed by atoms with Gasteiger partial charge in [-0.1, -0.05) is 22.0 Å². The number of carbonyl (C=O) groups is 1. The molecular weight excluding hydrogens is 310 g/mol. The summed E-state index contributed by atoms with van der Waals surface area (Å²) in [6.07, 6.45) is 3.37. The predicted octanol–water partition coefficient (Wildman–Crippen LogP) is 2.43. The predicted molar refractivity (Wildman–Crippen MR) is 74.8 cm³/mol. The van der Waals surface area contributed by atoms with Gasteiger partial charge in [0.05, 0.1) is 6.04 Å². The number of amides is 1. The summed E-state index contributed by atoms with van der Waals surface area (Å²) in [5.74, 6) is 1.18. The third kappa shape index (κ3) is 4.10. The van der Waals surface area contributed by atoms with E-state index in [9.17, 15) is 4.79 Å². The smallest absolute Gasteiger partial charge is 0.258 e. The number of hydrogen-bond donors (Lipinski definition) is 2. The largest absolute Gasteiger partial charge is 0.484 e. The van der Waals surface area contributed by atoms with E-state index in [1.54, 1.807) is 18.5 Å². The van der Waals surface area contributed by atoms with Gasteiger partial charge in [-0.05, 0) is 25.1 Å². The van der Waals surface area contributed by atoms with E-state index in [2.05, 4.69) is 31.2 Å². The van der Waals surface area contributed by atoms with Crippen molar-refractivity contribution in [3.05, 3.63) is 47.0 Å². The fourth-order valence-electron chi connectivity index (χ4n) is 1.57. The van der Waals surface area contributed by atoms with Gasteiger partial charge in [-0.25, -0.2) is 4.98 Å². The van der Waals surface area contributed by atoms with Crippen LogP contribution in [0.15, 0.2) is 41.1 Å². The number of imidazole rings is 1. The molecule has 1 unspecified atom stereocenters. The second-order valence-corrected chi connectivity index (χ2v) is 4.93. The summed E-state index contributed by atoms with van der Waals surface area (Å²) in [6, 6.07) is 7.18. The van der Waals surface area contributed by atoms with E-state index in [-0.39, 0.29) is 18.6 Å². The summed E-state index contributed by atoms with van der Waals surface area (Å²) >= 11 is 3.34. The zero-order valence-electron chi connectivity index (χ0n) is 10.4. The highest BCUT2D eigenvalue weighted by atomic mass is 79.9. The first kappa shape index (κ1) is 13.6. The first-order chi connectivity index (χ1) is 9.15. The Morgan fingerprint density at radius 2 is 2.42 bits per heavy atom. The zero-order chi connectivity index (χ0) is 13.7. The molecule has 1 aromatic heterocycles. The van der Waals surface area contributed by atoms with Crippen molar-refractivity contribution < 1.29 is 9.53 Å². The summed E-state index contributed by atoms with van der Waals surface area (Å²) in [7, 11) is 0. The molecule has 1 aromatic carbocycles. The van der Waals surface area contributed by atoms with E-state index in [0.29, 0.717) is 5.75 Å². The highest BCUT2D eigenvalue weighted by Crippen LogP contribution is 2.17. The molecule has 0 aliphatic carbocycles. The molecule has 100 valence electrons. The lowest BCUT2D eigenvalue weighted by molar-refractivity contribution is -0.123. The molecule has 1 amide bonds. The van der Waals surface area contributed by atoms with Crippen LogP contribution in [-0.4, -0.2) is 22.5 Å². The zero-order valence-corrected chi connectivity index (χ0v) is 12.0. The Morgan fingerprint density at radius 3 is 3.11 bits per heavy atom. The lowest BCUT2D eigenvalue weighted by atomic mass is 10.3. The van der Waals surface area contributed by atoms with Crippen molar-refractivity contribution in [2.75, 3.05) is 6.61 Å². The molecule has 1 atom stereocenters. The normalized spacial score (nSPS) is 11.9. The van der Waals surface area contributed by atoms with E-state index in [0.717, 1.165) is 10.3 Å².